The van der Waals surface area contributed by atoms with E-state index in [1.807, 2.05) is 22.7 Å². The molecule has 0 spiro atoms. The van der Waals surface area contributed by atoms with Crippen LogP contribution in [0.2, 0.25) is 0 Å². The summed E-state index contributed by atoms with van der Waals surface area (Å²) >= 11 is 3.81. The van der Waals surface area contributed by atoms with Gasteiger partial charge in [-0.2, -0.15) is 0 Å². The fraction of sp³-hybridized carbons (Fsp3) is 0. The summed E-state index contributed by atoms with van der Waals surface area (Å²) < 4.78 is 2.64. The van der Waals surface area contributed by atoms with Crippen molar-refractivity contribution in [3.8, 4) is 43.1 Å². The number of para-hydroxylation sites is 4. The highest BCUT2D eigenvalue weighted by Crippen LogP contribution is 2.55. The minimum absolute atomic E-state index is 1.12. The molecule has 8 aromatic carbocycles. The van der Waals surface area contributed by atoms with E-state index in [1.165, 1.54) is 52.5 Å². The summed E-state index contributed by atoms with van der Waals surface area (Å²) in [5, 5.41) is 0. The number of hydrogen-bond acceptors (Lipinski definition) is 4. The predicted octanol–water partition coefficient (Wildman–Crippen LogP) is 16.6. The van der Waals surface area contributed by atoms with Crippen LogP contribution in [0.25, 0.3) is 52.5 Å². The lowest BCUT2D eigenvalue weighted by Crippen LogP contribution is -2.09. The van der Waals surface area contributed by atoms with Gasteiger partial charge in [0.05, 0.1) is 9.40 Å². The number of thiophene rings is 2. The van der Waals surface area contributed by atoms with Crippen LogP contribution in [0.4, 0.5) is 34.1 Å². The standard InChI is InChI=1S/C54H38N2S2/c1-7-19-39(20-8-1)49-51(41-31-35-47(36-32-41)55(43-23-11-3-12-24-43)44-25-13-4-14-26-44)57-54-50(40-21-9-2-10-22-40)52(58-53(49)54)42-33-37-48(38-34-42)56(45-27-15-5-16-28-45)46-29-17-6-18-30-46/h1-38H. The van der Waals surface area contributed by atoms with Crippen molar-refractivity contribution in [1.29, 1.82) is 0 Å². The van der Waals surface area contributed by atoms with Gasteiger partial charge in [-0.1, -0.05) is 158 Å². The third kappa shape index (κ3) is 6.79. The van der Waals surface area contributed by atoms with Gasteiger partial charge in [-0.25, -0.2) is 0 Å². The van der Waals surface area contributed by atoms with E-state index >= 15 is 0 Å². The van der Waals surface area contributed by atoms with Crippen molar-refractivity contribution in [3.63, 3.8) is 0 Å². The van der Waals surface area contributed by atoms with Crippen molar-refractivity contribution in [3.05, 3.63) is 231 Å². The zero-order chi connectivity index (χ0) is 38.7. The van der Waals surface area contributed by atoms with Crippen molar-refractivity contribution in [2.75, 3.05) is 9.80 Å². The lowest BCUT2D eigenvalue weighted by molar-refractivity contribution is 1.28. The highest BCUT2D eigenvalue weighted by molar-refractivity contribution is 7.33. The molecular weight excluding hydrogens is 741 g/mol. The number of anilines is 6. The summed E-state index contributed by atoms with van der Waals surface area (Å²) in [7, 11) is 0. The quantitative estimate of drug-likeness (QED) is 0.136. The van der Waals surface area contributed by atoms with E-state index in [4.69, 9.17) is 0 Å². The Morgan fingerprint density at radius 2 is 0.466 bits per heavy atom. The minimum atomic E-state index is 1.12. The zero-order valence-corrected chi connectivity index (χ0v) is 33.3. The molecule has 0 atom stereocenters. The molecule has 0 bridgehead atoms. The SMILES string of the molecule is c1ccc(-c2c(-c3ccc(N(c4ccccc4)c4ccccc4)cc3)sc3c(-c4ccccc4)c(-c4ccc(N(c5ccccc5)c5ccccc5)cc4)sc23)cc1. The van der Waals surface area contributed by atoms with Gasteiger partial charge in [-0.3, -0.25) is 0 Å². The van der Waals surface area contributed by atoms with Crippen LogP contribution in [0.1, 0.15) is 0 Å². The molecule has 10 rings (SSSR count). The lowest BCUT2D eigenvalue weighted by Gasteiger charge is -2.25. The number of benzene rings is 8. The Bertz CT molecular complexity index is 2610. The van der Waals surface area contributed by atoms with Gasteiger partial charge in [0.2, 0.25) is 0 Å². The van der Waals surface area contributed by atoms with Gasteiger partial charge in [0.15, 0.2) is 0 Å². The molecule has 0 N–H and O–H groups in total. The van der Waals surface area contributed by atoms with Crippen molar-refractivity contribution in [1.82, 2.24) is 0 Å². The Morgan fingerprint density at radius 3 is 0.741 bits per heavy atom. The van der Waals surface area contributed by atoms with Crippen molar-refractivity contribution in [2.24, 2.45) is 0 Å². The highest BCUT2D eigenvalue weighted by Gasteiger charge is 2.25. The molecule has 0 aliphatic heterocycles. The summed E-state index contributed by atoms with van der Waals surface area (Å²) in [6, 6.07) is 82.5. The van der Waals surface area contributed by atoms with Crippen LogP contribution in [0.15, 0.2) is 231 Å². The first-order valence-corrected chi connectivity index (χ1v) is 21.1. The van der Waals surface area contributed by atoms with E-state index in [0.29, 0.717) is 0 Å². The molecule has 0 aliphatic carbocycles. The second kappa shape index (κ2) is 15.9. The fourth-order valence-corrected chi connectivity index (χ4v) is 10.8. The zero-order valence-electron chi connectivity index (χ0n) is 31.7. The van der Waals surface area contributed by atoms with Crippen LogP contribution < -0.4 is 9.80 Å². The summed E-state index contributed by atoms with van der Waals surface area (Å²) in [5.41, 5.74) is 14.2. The third-order valence-electron chi connectivity index (χ3n) is 10.5. The van der Waals surface area contributed by atoms with E-state index in [1.54, 1.807) is 0 Å². The normalized spacial score (nSPS) is 11.1. The van der Waals surface area contributed by atoms with Gasteiger partial charge in [-0.15, -0.1) is 22.7 Å². The molecule has 0 amide bonds. The van der Waals surface area contributed by atoms with Crippen LogP contribution in [0, 0.1) is 0 Å². The predicted molar refractivity (Wildman–Crippen MR) is 251 cm³/mol. The van der Waals surface area contributed by atoms with E-state index in [2.05, 4.69) is 240 Å². The molecule has 2 nitrogen and oxygen atoms in total. The Labute approximate surface area is 347 Å². The van der Waals surface area contributed by atoms with Gasteiger partial charge in [0.25, 0.3) is 0 Å². The number of nitrogens with zero attached hydrogens (tertiary/aromatic N) is 2. The Kier molecular flexibility index (Phi) is 9.70. The van der Waals surface area contributed by atoms with E-state index < -0.39 is 0 Å². The maximum atomic E-state index is 2.32. The summed E-state index contributed by atoms with van der Waals surface area (Å²) in [5.74, 6) is 0. The van der Waals surface area contributed by atoms with Crippen molar-refractivity contribution in [2.45, 2.75) is 0 Å². The van der Waals surface area contributed by atoms with Gasteiger partial charge in [0.1, 0.15) is 0 Å². The summed E-state index contributed by atoms with van der Waals surface area (Å²) in [6.45, 7) is 0. The second-order valence-corrected chi connectivity index (χ2v) is 16.2. The molecule has 2 aromatic heterocycles. The topological polar surface area (TPSA) is 6.48 Å². The lowest BCUT2D eigenvalue weighted by atomic mass is 9.99. The Hall–Kier alpha value is -6.98. The Balaban J connectivity index is 1.11. The molecule has 0 unspecified atom stereocenters. The molecule has 0 aliphatic rings. The molecule has 0 radical (unpaired) electrons. The van der Waals surface area contributed by atoms with Gasteiger partial charge in [0, 0.05) is 55.0 Å². The van der Waals surface area contributed by atoms with Gasteiger partial charge in [-0.05, 0) is 95.1 Å². The minimum Gasteiger partial charge on any atom is -0.311 e. The average Bonchev–Trinajstić information content (AvgIpc) is 3.86. The highest BCUT2D eigenvalue weighted by atomic mass is 32.1. The van der Waals surface area contributed by atoms with E-state index in [-0.39, 0.29) is 0 Å². The molecule has 2 heterocycles. The molecular formula is C54H38N2S2. The Morgan fingerprint density at radius 1 is 0.224 bits per heavy atom. The van der Waals surface area contributed by atoms with Gasteiger partial charge < -0.3 is 9.80 Å². The third-order valence-corrected chi connectivity index (χ3v) is 13.1. The first-order valence-electron chi connectivity index (χ1n) is 19.5. The van der Waals surface area contributed by atoms with Crippen molar-refractivity contribution < 1.29 is 0 Å². The molecule has 0 saturated heterocycles. The molecule has 10 aromatic rings. The largest absolute Gasteiger partial charge is 0.311 e. The number of fused-ring (bicyclic) bond motifs is 1. The first kappa shape index (κ1) is 35.4. The van der Waals surface area contributed by atoms with Crippen LogP contribution in [0.3, 0.4) is 0 Å². The second-order valence-electron chi connectivity index (χ2n) is 14.1. The number of rotatable bonds is 10. The van der Waals surface area contributed by atoms with Gasteiger partial charge >= 0.3 is 0 Å². The molecule has 0 saturated carbocycles. The smallest absolute Gasteiger partial charge is 0.0548 e. The van der Waals surface area contributed by atoms with E-state index in [9.17, 15) is 0 Å². The van der Waals surface area contributed by atoms with Crippen LogP contribution >= 0.6 is 22.7 Å². The molecule has 4 heteroatoms. The molecule has 0 fully saturated rings. The monoisotopic (exact) mass is 778 g/mol. The molecule has 58 heavy (non-hydrogen) atoms. The maximum absolute atomic E-state index is 2.32. The first-order chi connectivity index (χ1) is 28.8. The fourth-order valence-electron chi connectivity index (χ4n) is 7.80. The summed E-state index contributed by atoms with van der Waals surface area (Å²) in [4.78, 5) is 7.20. The average molecular weight is 779 g/mol. The van der Waals surface area contributed by atoms with Crippen molar-refractivity contribution >= 4 is 66.2 Å². The molecule has 276 valence electrons. The maximum Gasteiger partial charge on any atom is 0.0548 e. The number of hydrogen-bond donors (Lipinski definition) is 0. The summed E-state index contributed by atoms with van der Waals surface area (Å²) in [6.07, 6.45) is 0. The van der Waals surface area contributed by atoms with E-state index in [0.717, 1.165) is 34.1 Å². The van der Waals surface area contributed by atoms with Crippen LogP contribution in [0.5, 0.6) is 0 Å². The van der Waals surface area contributed by atoms with Crippen LogP contribution in [-0.4, -0.2) is 0 Å². The van der Waals surface area contributed by atoms with Crippen LogP contribution in [-0.2, 0) is 0 Å².